The lowest BCUT2D eigenvalue weighted by atomic mass is 9.87. The molecule has 1 heterocycles. The predicted molar refractivity (Wildman–Crippen MR) is 91.0 cm³/mol. The molecule has 22 heavy (non-hydrogen) atoms. The molecule has 0 saturated heterocycles. The second-order valence-corrected chi connectivity index (χ2v) is 6.29. The largest absolute Gasteiger partial charge is 0.367 e. The molecule has 0 bridgehead atoms. The molecule has 0 spiro atoms. The average molecular weight is 304 g/mol. The van der Waals surface area contributed by atoms with E-state index in [1.54, 1.807) is 0 Å². The van der Waals surface area contributed by atoms with Gasteiger partial charge in [-0.3, -0.25) is 4.79 Å². The third-order valence-electron chi connectivity index (χ3n) is 4.68. The zero-order valence-corrected chi connectivity index (χ0v) is 13.7. The number of rotatable bonds is 7. The normalized spacial score (nSPS) is 16.0. The van der Waals surface area contributed by atoms with Crippen molar-refractivity contribution in [1.29, 1.82) is 5.41 Å². The van der Waals surface area contributed by atoms with Crippen molar-refractivity contribution in [2.45, 2.75) is 71.3 Å². The highest BCUT2D eigenvalue weighted by Crippen LogP contribution is 2.26. The van der Waals surface area contributed by atoms with Crippen LogP contribution in [0.25, 0.3) is 0 Å². The summed E-state index contributed by atoms with van der Waals surface area (Å²) in [4.78, 5) is 19.7. The molecule has 1 aromatic heterocycles. The molecule has 2 rings (SSSR count). The Morgan fingerprint density at radius 2 is 2.00 bits per heavy atom. The van der Waals surface area contributed by atoms with Gasteiger partial charge in [0.2, 0.25) is 0 Å². The molecule has 1 fully saturated rings. The highest BCUT2D eigenvalue weighted by Gasteiger charge is 2.18. The molecule has 1 aliphatic rings. The zero-order chi connectivity index (χ0) is 15.9. The molecule has 122 valence electrons. The number of H-pyrrole nitrogens is 1. The average Bonchev–Trinajstić information content (AvgIpc) is 2.53. The highest BCUT2D eigenvalue weighted by molar-refractivity contribution is 5.83. The van der Waals surface area contributed by atoms with Crippen LogP contribution in [-0.4, -0.2) is 22.2 Å². The number of nitrogens with zero attached hydrogens (tertiary/aromatic N) is 1. The van der Waals surface area contributed by atoms with E-state index >= 15 is 0 Å². The van der Waals surface area contributed by atoms with Gasteiger partial charge < -0.3 is 15.7 Å². The summed E-state index contributed by atoms with van der Waals surface area (Å²) in [7, 11) is 0. The second-order valence-electron chi connectivity index (χ2n) is 6.29. The van der Waals surface area contributed by atoms with Crippen molar-refractivity contribution >= 4 is 12.0 Å². The number of aromatic nitrogens is 2. The molecule has 0 aromatic carbocycles. The first-order valence-electron chi connectivity index (χ1n) is 8.58. The van der Waals surface area contributed by atoms with Crippen LogP contribution in [-0.2, 0) is 6.42 Å². The standard InChI is InChI=1S/C17H28N4O/c1-3-13(4-2)19-16-14(11-18)17(22)21-15(20-16)10-12-8-6-5-7-9-12/h11-13,18H,3-10H2,1-2H3,(H2,19,20,21,22). The molecule has 1 aliphatic carbocycles. The van der Waals surface area contributed by atoms with Crippen LogP contribution in [0.1, 0.15) is 70.2 Å². The summed E-state index contributed by atoms with van der Waals surface area (Å²) in [5.41, 5.74) is 0.128. The molecule has 1 aromatic rings. The van der Waals surface area contributed by atoms with Crippen molar-refractivity contribution in [1.82, 2.24) is 9.97 Å². The van der Waals surface area contributed by atoms with E-state index in [4.69, 9.17) is 5.41 Å². The van der Waals surface area contributed by atoms with Gasteiger partial charge in [0.25, 0.3) is 5.56 Å². The lowest BCUT2D eigenvalue weighted by molar-refractivity contribution is 0.351. The van der Waals surface area contributed by atoms with Crippen molar-refractivity contribution in [3.05, 3.63) is 21.7 Å². The maximum absolute atomic E-state index is 12.2. The summed E-state index contributed by atoms with van der Waals surface area (Å²) in [6.45, 7) is 4.22. The van der Waals surface area contributed by atoms with E-state index in [0.29, 0.717) is 17.3 Å². The predicted octanol–water partition coefficient (Wildman–Crippen LogP) is 3.49. The van der Waals surface area contributed by atoms with Gasteiger partial charge in [-0.25, -0.2) is 4.98 Å². The molecule has 1 saturated carbocycles. The van der Waals surface area contributed by atoms with Crippen LogP contribution < -0.4 is 10.9 Å². The van der Waals surface area contributed by atoms with Crippen LogP contribution in [0, 0.1) is 11.3 Å². The van der Waals surface area contributed by atoms with Crippen LogP contribution in [0.5, 0.6) is 0 Å². The summed E-state index contributed by atoms with van der Waals surface area (Å²) in [6.07, 6.45) is 10.2. The molecule has 3 N–H and O–H groups in total. The minimum atomic E-state index is -0.204. The maximum Gasteiger partial charge on any atom is 0.261 e. The minimum absolute atomic E-state index is 0.204. The van der Waals surface area contributed by atoms with Crippen LogP contribution in [0.3, 0.4) is 0 Å². The van der Waals surface area contributed by atoms with E-state index in [0.717, 1.165) is 31.3 Å². The van der Waals surface area contributed by atoms with Gasteiger partial charge in [0.1, 0.15) is 11.6 Å². The van der Waals surface area contributed by atoms with Crippen molar-refractivity contribution in [3.8, 4) is 0 Å². The lowest BCUT2D eigenvalue weighted by Gasteiger charge is -2.22. The number of hydrogen-bond acceptors (Lipinski definition) is 4. The lowest BCUT2D eigenvalue weighted by Crippen LogP contribution is -2.26. The topological polar surface area (TPSA) is 81.6 Å². The second kappa shape index (κ2) is 8.11. The molecule has 0 aliphatic heterocycles. The number of nitrogens with one attached hydrogen (secondary N) is 3. The van der Waals surface area contributed by atoms with Crippen molar-refractivity contribution < 1.29 is 0 Å². The number of aromatic amines is 1. The SMILES string of the molecule is CCC(CC)Nc1nc(CC2CCCCC2)[nH]c(=O)c1C=N. The first-order valence-corrected chi connectivity index (χ1v) is 8.58. The zero-order valence-electron chi connectivity index (χ0n) is 13.7. The maximum atomic E-state index is 12.2. The van der Waals surface area contributed by atoms with Gasteiger partial charge in [-0.15, -0.1) is 0 Å². The Bertz CT molecular complexity index is 542. The Hall–Kier alpha value is -1.65. The molecule has 0 radical (unpaired) electrons. The van der Waals surface area contributed by atoms with Gasteiger partial charge in [0, 0.05) is 18.7 Å². The quantitative estimate of drug-likeness (QED) is 0.674. The van der Waals surface area contributed by atoms with Crippen molar-refractivity contribution in [2.75, 3.05) is 5.32 Å². The fourth-order valence-electron chi connectivity index (χ4n) is 3.22. The van der Waals surface area contributed by atoms with E-state index in [1.165, 1.54) is 32.1 Å². The van der Waals surface area contributed by atoms with Gasteiger partial charge in [-0.05, 0) is 18.8 Å². The summed E-state index contributed by atoms with van der Waals surface area (Å²) in [6, 6.07) is 0.288. The van der Waals surface area contributed by atoms with E-state index in [9.17, 15) is 4.79 Å². The van der Waals surface area contributed by atoms with E-state index < -0.39 is 0 Å². The van der Waals surface area contributed by atoms with Gasteiger partial charge in [-0.1, -0.05) is 46.0 Å². The summed E-state index contributed by atoms with van der Waals surface area (Å²) < 4.78 is 0. The van der Waals surface area contributed by atoms with Crippen LogP contribution in [0.2, 0.25) is 0 Å². The van der Waals surface area contributed by atoms with Crippen LogP contribution in [0.15, 0.2) is 4.79 Å². The van der Waals surface area contributed by atoms with Crippen LogP contribution >= 0.6 is 0 Å². The van der Waals surface area contributed by atoms with E-state index in [-0.39, 0.29) is 11.6 Å². The van der Waals surface area contributed by atoms with Gasteiger partial charge in [0.15, 0.2) is 0 Å². The Morgan fingerprint density at radius 1 is 1.32 bits per heavy atom. The molecule has 0 unspecified atom stereocenters. The van der Waals surface area contributed by atoms with E-state index in [1.807, 2.05) is 0 Å². The van der Waals surface area contributed by atoms with Gasteiger partial charge in [0.05, 0.1) is 5.56 Å². The fourth-order valence-corrected chi connectivity index (χ4v) is 3.22. The molecule has 5 nitrogen and oxygen atoms in total. The van der Waals surface area contributed by atoms with Gasteiger partial charge in [-0.2, -0.15) is 0 Å². The number of anilines is 1. The summed E-state index contributed by atoms with van der Waals surface area (Å²) >= 11 is 0. The Morgan fingerprint density at radius 3 is 2.59 bits per heavy atom. The van der Waals surface area contributed by atoms with Crippen molar-refractivity contribution in [2.24, 2.45) is 5.92 Å². The molecule has 0 amide bonds. The highest BCUT2D eigenvalue weighted by atomic mass is 16.1. The monoisotopic (exact) mass is 304 g/mol. The Kier molecular flexibility index (Phi) is 6.16. The third kappa shape index (κ3) is 4.18. The summed E-state index contributed by atoms with van der Waals surface area (Å²) in [5.74, 6) is 1.96. The first-order chi connectivity index (χ1) is 10.7. The fraction of sp³-hybridized carbons (Fsp3) is 0.706. The number of hydrogen-bond donors (Lipinski definition) is 3. The summed E-state index contributed by atoms with van der Waals surface area (Å²) in [5, 5.41) is 10.8. The molecule has 0 atom stereocenters. The molecule has 5 heteroatoms. The van der Waals surface area contributed by atoms with Crippen LogP contribution in [0.4, 0.5) is 5.82 Å². The molecular weight excluding hydrogens is 276 g/mol. The third-order valence-corrected chi connectivity index (χ3v) is 4.68. The Balaban J connectivity index is 2.22. The van der Waals surface area contributed by atoms with Gasteiger partial charge >= 0.3 is 0 Å². The molecular formula is C17H28N4O. The van der Waals surface area contributed by atoms with E-state index in [2.05, 4.69) is 29.1 Å². The first kappa shape index (κ1) is 16.7. The van der Waals surface area contributed by atoms with Crippen molar-refractivity contribution in [3.63, 3.8) is 0 Å². The Labute approximate surface area is 132 Å². The smallest absolute Gasteiger partial charge is 0.261 e. The minimum Gasteiger partial charge on any atom is -0.367 e.